The maximum Gasteiger partial charge on any atom is 0.224 e. The average molecular weight is 373 g/mol. The van der Waals surface area contributed by atoms with Crippen LogP contribution in [0.15, 0.2) is 63.9 Å². The molecule has 0 spiro atoms. The first-order valence-electron chi connectivity index (χ1n) is 8.04. The number of carbonyl (C=O) groups excluding carboxylic acids is 1. The molecular weight excluding hydrogens is 356 g/mol. The first kappa shape index (κ1) is 18.2. The first-order valence-corrected chi connectivity index (χ1v) is 9.26. The van der Waals surface area contributed by atoms with Crippen LogP contribution in [-0.2, 0) is 11.2 Å². The van der Waals surface area contributed by atoms with Crippen molar-refractivity contribution in [3.63, 3.8) is 0 Å². The van der Waals surface area contributed by atoms with Crippen molar-refractivity contribution in [3.05, 3.63) is 72.0 Å². The number of amides is 1. The lowest BCUT2D eigenvalue weighted by Gasteiger charge is -2.09. The highest BCUT2D eigenvalue weighted by molar-refractivity contribution is 7.98. The molecule has 1 heterocycles. The molecule has 3 aromatic rings. The molecule has 0 bridgehead atoms. The van der Waals surface area contributed by atoms with E-state index in [9.17, 15) is 13.6 Å². The third-order valence-corrected chi connectivity index (χ3v) is 4.63. The van der Waals surface area contributed by atoms with Gasteiger partial charge in [-0.1, -0.05) is 12.1 Å². The van der Waals surface area contributed by atoms with Gasteiger partial charge in [-0.25, -0.2) is 8.78 Å². The van der Waals surface area contributed by atoms with E-state index in [0.717, 1.165) is 4.90 Å². The van der Waals surface area contributed by atoms with Crippen molar-refractivity contribution in [2.75, 3.05) is 11.6 Å². The maximum atomic E-state index is 13.8. The van der Waals surface area contributed by atoms with Crippen molar-refractivity contribution in [3.8, 4) is 11.3 Å². The second-order valence-electron chi connectivity index (χ2n) is 5.64. The fourth-order valence-corrected chi connectivity index (χ4v) is 3.08. The lowest BCUT2D eigenvalue weighted by atomic mass is 10.1. The van der Waals surface area contributed by atoms with Crippen LogP contribution in [0, 0.1) is 11.6 Å². The summed E-state index contributed by atoms with van der Waals surface area (Å²) in [6, 6.07) is 14.0. The van der Waals surface area contributed by atoms with E-state index >= 15 is 0 Å². The number of hydrogen-bond acceptors (Lipinski definition) is 3. The van der Waals surface area contributed by atoms with Crippen molar-refractivity contribution in [1.82, 2.24) is 0 Å². The highest BCUT2D eigenvalue weighted by Gasteiger charge is 2.12. The van der Waals surface area contributed by atoms with Crippen LogP contribution in [0.1, 0.15) is 12.2 Å². The summed E-state index contributed by atoms with van der Waals surface area (Å²) in [5.74, 6) is 0.00583. The molecule has 6 heteroatoms. The lowest BCUT2D eigenvalue weighted by Crippen LogP contribution is -2.13. The smallest absolute Gasteiger partial charge is 0.224 e. The van der Waals surface area contributed by atoms with Gasteiger partial charge in [-0.2, -0.15) is 0 Å². The standard InChI is InChI=1S/C20H17F2NO2S/c1-26-19-10-6-13(21)12-17(19)23-20(24)11-8-14-7-9-18(25-14)15-4-2-3-5-16(15)22/h2-7,9-10,12H,8,11H2,1H3,(H,23,24). The van der Waals surface area contributed by atoms with Crippen LogP contribution in [0.5, 0.6) is 0 Å². The Balaban J connectivity index is 1.62. The maximum absolute atomic E-state index is 13.8. The van der Waals surface area contributed by atoms with Crippen molar-refractivity contribution in [2.24, 2.45) is 0 Å². The Hall–Kier alpha value is -2.60. The highest BCUT2D eigenvalue weighted by Crippen LogP contribution is 2.27. The molecule has 1 amide bonds. The van der Waals surface area contributed by atoms with Gasteiger partial charge in [0.15, 0.2) is 0 Å². The highest BCUT2D eigenvalue weighted by atomic mass is 32.2. The van der Waals surface area contributed by atoms with E-state index in [0.29, 0.717) is 29.2 Å². The molecule has 0 saturated heterocycles. The predicted molar refractivity (Wildman–Crippen MR) is 99.2 cm³/mol. The zero-order valence-electron chi connectivity index (χ0n) is 14.1. The van der Waals surface area contributed by atoms with Crippen LogP contribution in [0.25, 0.3) is 11.3 Å². The number of nitrogens with one attached hydrogen (secondary N) is 1. The average Bonchev–Trinajstić information content (AvgIpc) is 3.09. The van der Waals surface area contributed by atoms with Gasteiger partial charge in [0, 0.05) is 17.7 Å². The molecular formula is C20H17F2NO2S. The topological polar surface area (TPSA) is 42.2 Å². The number of anilines is 1. The molecule has 1 aromatic heterocycles. The van der Waals surface area contributed by atoms with Gasteiger partial charge >= 0.3 is 0 Å². The number of carbonyl (C=O) groups is 1. The Morgan fingerprint density at radius 2 is 1.92 bits per heavy atom. The summed E-state index contributed by atoms with van der Waals surface area (Å²) in [4.78, 5) is 12.9. The number of thioether (sulfide) groups is 1. The molecule has 0 aliphatic rings. The van der Waals surface area contributed by atoms with E-state index in [1.807, 2.05) is 6.26 Å². The predicted octanol–water partition coefficient (Wildman–Crippen LogP) is 5.52. The molecule has 0 radical (unpaired) electrons. The fraction of sp³-hybridized carbons (Fsp3) is 0.150. The second-order valence-corrected chi connectivity index (χ2v) is 6.49. The molecule has 2 aromatic carbocycles. The quantitative estimate of drug-likeness (QED) is 0.579. The minimum atomic E-state index is -0.404. The van der Waals surface area contributed by atoms with Crippen LogP contribution >= 0.6 is 11.8 Å². The van der Waals surface area contributed by atoms with E-state index in [1.165, 1.54) is 30.0 Å². The van der Waals surface area contributed by atoms with E-state index < -0.39 is 5.82 Å². The van der Waals surface area contributed by atoms with Gasteiger partial charge in [0.05, 0.1) is 11.3 Å². The zero-order chi connectivity index (χ0) is 18.5. The van der Waals surface area contributed by atoms with Crippen LogP contribution in [-0.4, -0.2) is 12.2 Å². The van der Waals surface area contributed by atoms with Crippen LogP contribution in [0.2, 0.25) is 0 Å². The molecule has 3 nitrogen and oxygen atoms in total. The minimum Gasteiger partial charge on any atom is -0.461 e. The van der Waals surface area contributed by atoms with E-state index in [1.54, 1.807) is 36.4 Å². The van der Waals surface area contributed by atoms with Crippen LogP contribution < -0.4 is 5.32 Å². The van der Waals surface area contributed by atoms with Crippen molar-refractivity contribution < 1.29 is 18.0 Å². The van der Waals surface area contributed by atoms with Gasteiger partial charge in [0.1, 0.15) is 23.2 Å². The molecule has 0 fully saturated rings. The first-order chi connectivity index (χ1) is 12.6. The molecule has 0 saturated carbocycles. The van der Waals surface area contributed by atoms with Gasteiger partial charge in [-0.05, 0) is 48.7 Å². The van der Waals surface area contributed by atoms with Crippen molar-refractivity contribution in [2.45, 2.75) is 17.7 Å². The fourth-order valence-electron chi connectivity index (χ4n) is 2.55. The van der Waals surface area contributed by atoms with Crippen LogP contribution in [0.4, 0.5) is 14.5 Å². The number of aryl methyl sites for hydroxylation is 1. The third-order valence-electron chi connectivity index (χ3n) is 3.84. The zero-order valence-corrected chi connectivity index (χ0v) is 14.9. The summed E-state index contributed by atoms with van der Waals surface area (Å²) >= 11 is 1.43. The number of benzene rings is 2. The van der Waals surface area contributed by atoms with Gasteiger partial charge in [0.25, 0.3) is 0 Å². The number of rotatable bonds is 6. The number of halogens is 2. The van der Waals surface area contributed by atoms with E-state index in [4.69, 9.17) is 4.42 Å². The third kappa shape index (κ3) is 4.32. The lowest BCUT2D eigenvalue weighted by molar-refractivity contribution is -0.116. The Labute approximate surface area is 154 Å². The molecule has 26 heavy (non-hydrogen) atoms. The summed E-state index contributed by atoms with van der Waals surface area (Å²) in [6.45, 7) is 0. The van der Waals surface area contributed by atoms with Crippen molar-refractivity contribution >= 4 is 23.4 Å². The Morgan fingerprint density at radius 1 is 1.12 bits per heavy atom. The summed E-state index contributed by atoms with van der Waals surface area (Å²) in [5, 5.41) is 2.72. The van der Waals surface area contributed by atoms with Gasteiger partial charge in [-0.3, -0.25) is 4.79 Å². The summed E-state index contributed by atoms with van der Waals surface area (Å²) in [5.41, 5.74) is 0.835. The Morgan fingerprint density at radius 3 is 2.69 bits per heavy atom. The van der Waals surface area contributed by atoms with E-state index in [-0.39, 0.29) is 18.1 Å². The van der Waals surface area contributed by atoms with Crippen LogP contribution in [0.3, 0.4) is 0 Å². The molecule has 1 N–H and O–H groups in total. The van der Waals surface area contributed by atoms with Gasteiger partial charge < -0.3 is 9.73 Å². The second kappa shape index (κ2) is 8.19. The minimum absolute atomic E-state index is 0.175. The van der Waals surface area contributed by atoms with Gasteiger partial charge in [-0.15, -0.1) is 11.8 Å². The van der Waals surface area contributed by atoms with E-state index in [2.05, 4.69) is 5.32 Å². The number of hydrogen-bond donors (Lipinski definition) is 1. The Bertz CT molecular complexity index is 924. The van der Waals surface area contributed by atoms with Crippen molar-refractivity contribution in [1.29, 1.82) is 0 Å². The molecule has 0 unspecified atom stereocenters. The Kier molecular flexibility index (Phi) is 5.73. The molecule has 0 atom stereocenters. The molecule has 3 rings (SSSR count). The molecule has 134 valence electrons. The molecule has 0 aliphatic carbocycles. The largest absolute Gasteiger partial charge is 0.461 e. The number of furan rings is 1. The summed E-state index contributed by atoms with van der Waals surface area (Å²) < 4.78 is 32.8. The SMILES string of the molecule is CSc1ccc(F)cc1NC(=O)CCc1ccc(-c2ccccc2F)o1. The normalized spacial score (nSPS) is 10.7. The molecule has 0 aliphatic heterocycles. The van der Waals surface area contributed by atoms with Gasteiger partial charge in [0.2, 0.25) is 5.91 Å². The summed E-state index contributed by atoms with van der Waals surface area (Å²) in [7, 11) is 0. The monoisotopic (exact) mass is 373 g/mol. The summed E-state index contributed by atoms with van der Waals surface area (Å²) in [6.07, 6.45) is 2.40.